The van der Waals surface area contributed by atoms with Crippen LogP contribution in [-0.4, -0.2) is 49.6 Å². The predicted molar refractivity (Wildman–Crippen MR) is 131 cm³/mol. The van der Waals surface area contributed by atoms with Crippen LogP contribution in [-0.2, 0) is 19.1 Å². The molecule has 2 aromatic rings. The third-order valence-corrected chi connectivity index (χ3v) is 7.54. The van der Waals surface area contributed by atoms with Gasteiger partial charge in [-0.1, -0.05) is 17.7 Å². The van der Waals surface area contributed by atoms with E-state index in [2.05, 4.69) is 25.3 Å². The molecule has 0 radical (unpaired) electrons. The van der Waals surface area contributed by atoms with E-state index in [4.69, 9.17) is 16.3 Å². The summed E-state index contributed by atoms with van der Waals surface area (Å²) in [7, 11) is 2.60. The first kappa shape index (κ1) is 26.2. The van der Waals surface area contributed by atoms with Crippen molar-refractivity contribution < 1.29 is 27.8 Å². The number of rotatable bonds is 7. The van der Waals surface area contributed by atoms with Gasteiger partial charge in [-0.05, 0) is 37.7 Å². The van der Waals surface area contributed by atoms with Crippen molar-refractivity contribution in [3.63, 3.8) is 0 Å². The van der Waals surface area contributed by atoms with Crippen LogP contribution in [0.5, 0.6) is 0 Å². The number of aliphatic imine (C=N–C) groups is 1. The van der Waals surface area contributed by atoms with Gasteiger partial charge in [0.25, 0.3) is 0 Å². The van der Waals surface area contributed by atoms with Crippen LogP contribution in [0.3, 0.4) is 0 Å². The minimum Gasteiger partial charge on any atom is -0.468 e. The number of benzene rings is 1. The van der Waals surface area contributed by atoms with E-state index in [-0.39, 0.29) is 35.6 Å². The van der Waals surface area contributed by atoms with Crippen molar-refractivity contribution >= 4 is 40.7 Å². The summed E-state index contributed by atoms with van der Waals surface area (Å²) < 4.78 is 38.0. The Morgan fingerprint density at radius 1 is 1.19 bits per heavy atom. The molecular formula is C24H25ClF2N4O4S. The van der Waals surface area contributed by atoms with E-state index >= 15 is 0 Å². The molecule has 0 bridgehead atoms. The van der Waals surface area contributed by atoms with Crippen molar-refractivity contribution in [3.8, 4) is 0 Å². The van der Waals surface area contributed by atoms with Crippen molar-refractivity contribution in [2.45, 2.75) is 37.8 Å². The average molecular weight is 539 g/mol. The fraction of sp³-hybridized carbons (Fsp3) is 0.417. The van der Waals surface area contributed by atoms with Crippen LogP contribution in [0.15, 0.2) is 40.0 Å². The molecule has 1 aliphatic carbocycles. The number of hydrogen-bond donors (Lipinski definition) is 2. The van der Waals surface area contributed by atoms with Crippen molar-refractivity contribution in [3.05, 3.63) is 62.2 Å². The van der Waals surface area contributed by atoms with Gasteiger partial charge in [-0.25, -0.2) is 18.6 Å². The number of hydrogen-bond acceptors (Lipinski definition) is 9. The molecule has 4 rings (SSSR count). The molecule has 1 fully saturated rings. The SMILES string of the molecule is COC(=O)CN[C@H]1CC[C@H](C2=C(C(=O)OC)C(c3ccc(F)c(F)c3Cl)N=C(c3nccs3)N2)CC1. The van der Waals surface area contributed by atoms with Gasteiger partial charge in [0.15, 0.2) is 22.5 Å². The first-order chi connectivity index (χ1) is 17.3. The lowest BCUT2D eigenvalue weighted by Crippen LogP contribution is -2.41. The molecule has 1 saturated carbocycles. The number of amidine groups is 1. The molecule has 1 aromatic carbocycles. The molecule has 1 aliphatic heterocycles. The van der Waals surface area contributed by atoms with E-state index in [0.29, 0.717) is 29.4 Å². The first-order valence-electron chi connectivity index (χ1n) is 11.3. The van der Waals surface area contributed by atoms with Gasteiger partial charge in [0.05, 0.1) is 31.4 Å². The topological polar surface area (TPSA) is 102 Å². The van der Waals surface area contributed by atoms with Crippen molar-refractivity contribution in [1.82, 2.24) is 15.6 Å². The number of ether oxygens (including phenoxy) is 2. The van der Waals surface area contributed by atoms with E-state index in [1.807, 2.05) is 0 Å². The molecule has 36 heavy (non-hydrogen) atoms. The zero-order valence-corrected chi connectivity index (χ0v) is 21.2. The number of carbonyl (C=O) groups excluding carboxylic acids is 2. The Labute approximate surface area is 215 Å². The fourth-order valence-electron chi connectivity index (χ4n) is 4.53. The molecular weight excluding hydrogens is 514 g/mol. The smallest absolute Gasteiger partial charge is 0.338 e. The van der Waals surface area contributed by atoms with E-state index in [1.54, 1.807) is 11.6 Å². The second-order valence-electron chi connectivity index (χ2n) is 8.43. The van der Waals surface area contributed by atoms with Gasteiger partial charge >= 0.3 is 11.9 Å². The number of thiazole rings is 1. The lowest BCUT2D eigenvalue weighted by Gasteiger charge is -2.35. The van der Waals surface area contributed by atoms with Gasteiger partial charge in [0.1, 0.15) is 6.04 Å². The van der Waals surface area contributed by atoms with E-state index < -0.39 is 28.7 Å². The Kier molecular flexibility index (Phi) is 8.32. The number of carbonyl (C=O) groups is 2. The van der Waals surface area contributed by atoms with Gasteiger partial charge in [-0.3, -0.25) is 9.79 Å². The summed E-state index contributed by atoms with van der Waals surface area (Å²) in [6.45, 7) is 0.123. The van der Waals surface area contributed by atoms with Gasteiger partial charge in [-0.2, -0.15) is 0 Å². The number of nitrogens with one attached hydrogen (secondary N) is 2. The number of allylic oxidation sites excluding steroid dienone is 1. The fourth-order valence-corrected chi connectivity index (χ4v) is 5.38. The molecule has 1 atom stereocenters. The highest BCUT2D eigenvalue weighted by atomic mass is 35.5. The predicted octanol–water partition coefficient (Wildman–Crippen LogP) is 3.91. The van der Waals surface area contributed by atoms with Crippen molar-refractivity contribution in [1.29, 1.82) is 0 Å². The number of aromatic nitrogens is 1. The van der Waals surface area contributed by atoms with Crippen LogP contribution in [0.25, 0.3) is 0 Å². The van der Waals surface area contributed by atoms with Crippen LogP contribution < -0.4 is 10.6 Å². The standard InChI is InChI=1S/C24H25ClF2N4O4S/c1-34-16(32)11-29-13-5-3-12(4-6-13)20-17(24(33)35-2)21(14-7-8-15(26)19(27)18(14)25)31-22(30-20)23-28-9-10-36-23/h7-10,12-13,21,29H,3-6,11H2,1-2H3,(H,30,31)/t12-,13-,21?. The van der Waals surface area contributed by atoms with Crippen LogP contribution in [0.2, 0.25) is 5.02 Å². The molecule has 0 amide bonds. The zero-order valence-electron chi connectivity index (χ0n) is 19.6. The van der Waals surface area contributed by atoms with E-state index in [0.717, 1.165) is 18.9 Å². The van der Waals surface area contributed by atoms with Gasteiger partial charge in [-0.15, -0.1) is 11.3 Å². The Hall–Kier alpha value is -2.89. The molecule has 192 valence electrons. The number of nitrogens with zero attached hydrogens (tertiary/aromatic N) is 2. The van der Waals surface area contributed by atoms with Crippen LogP contribution >= 0.6 is 22.9 Å². The second-order valence-corrected chi connectivity index (χ2v) is 9.70. The molecule has 2 heterocycles. The minimum atomic E-state index is -1.21. The third kappa shape index (κ3) is 5.42. The summed E-state index contributed by atoms with van der Waals surface area (Å²) >= 11 is 7.55. The summed E-state index contributed by atoms with van der Waals surface area (Å²) in [6.07, 6.45) is 4.53. The molecule has 12 heteroatoms. The Balaban J connectivity index is 1.72. The van der Waals surface area contributed by atoms with E-state index in [1.165, 1.54) is 31.6 Å². The maximum absolute atomic E-state index is 14.4. The summed E-state index contributed by atoms with van der Waals surface area (Å²) in [5.41, 5.74) is 0.938. The lowest BCUT2D eigenvalue weighted by atomic mass is 9.80. The Bertz CT molecular complexity index is 1200. The van der Waals surface area contributed by atoms with Gasteiger partial charge < -0.3 is 20.1 Å². The van der Waals surface area contributed by atoms with Gasteiger partial charge in [0.2, 0.25) is 0 Å². The molecule has 8 nitrogen and oxygen atoms in total. The van der Waals surface area contributed by atoms with Crippen LogP contribution in [0.1, 0.15) is 42.3 Å². The third-order valence-electron chi connectivity index (χ3n) is 6.37. The highest BCUT2D eigenvalue weighted by Crippen LogP contribution is 2.41. The Morgan fingerprint density at radius 3 is 2.58 bits per heavy atom. The number of halogens is 3. The molecule has 1 aromatic heterocycles. The van der Waals surface area contributed by atoms with Crippen molar-refractivity contribution in [2.24, 2.45) is 10.9 Å². The van der Waals surface area contributed by atoms with Crippen LogP contribution in [0.4, 0.5) is 8.78 Å². The average Bonchev–Trinajstić information content (AvgIpc) is 3.45. The summed E-state index contributed by atoms with van der Waals surface area (Å²) in [6, 6.07) is 1.39. The Morgan fingerprint density at radius 2 is 1.94 bits per heavy atom. The van der Waals surface area contributed by atoms with Gasteiger partial charge in [0, 0.05) is 28.9 Å². The monoisotopic (exact) mass is 538 g/mol. The number of esters is 2. The summed E-state index contributed by atoms with van der Waals surface area (Å²) in [4.78, 5) is 33.5. The minimum absolute atomic E-state index is 0.0766. The molecule has 2 aliphatic rings. The van der Waals surface area contributed by atoms with E-state index in [9.17, 15) is 18.4 Å². The van der Waals surface area contributed by atoms with Crippen molar-refractivity contribution in [2.75, 3.05) is 20.8 Å². The lowest BCUT2D eigenvalue weighted by molar-refractivity contribution is -0.140. The normalized spacial score (nSPS) is 22.0. The molecule has 0 saturated heterocycles. The zero-order chi connectivity index (χ0) is 25.8. The second kappa shape index (κ2) is 11.4. The molecule has 1 unspecified atom stereocenters. The highest BCUT2D eigenvalue weighted by Gasteiger charge is 2.38. The summed E-state index contributed by atoms with van der Waals surface area (Å²) in [5, 5.41) is 8.40. The quantitative estimate of drug-likeness (QED) is 0.407. The summed E-state index contributed by atoms with van der Waals surface area (Å²) in [5.74, 6) is -2.95. The maximum atomic E-state index is 14.4. The number of methoxy groups -OCH3 is 2. The molecule has 0 spiro atoms. The first-order valence-corrected chi connectivity index (χ1v) is 12.6. The largest absolute Gasteiger partial charge is 0.468 e. The highest BCUT2D eigenvalue weighted by molar-refractivity contribution is 7.11. The molecule has 2 N–H and O–H groups in total. The maximum Gasteiger partial charge on any atom is 0.338 e. The van der Waals surface area contributed by atoms with Crippen LogP contribution in [0, 0.1) is 17.6 Å².